The number of rotatable bonds is 6. The van der Waals surface area contributed by atoms with Crippen LogP contribution in [0.15, 0.2) is 42.6 Å². The van der Waals surface area contributed by atoms with Crippen LogP contribution >= 0.6 is 0 Å². The zero-order valence-electron chi connectivity index (χ0n) is 10.9. The fourth-order valence-corrected chi connectivity index (χ4v) is 1.73. The van der Waals surface area contributed by atoms with E-state index in [0.29, 0.717) is 6.42 Å². The monoisotopic (exact) mass is 288 g/mol. The number of hydrogen-bond acceptors (Lipinski definition) is 5. The summed E-state index contributed by atoms with van der Waals surface area (Å²) in [4.78, 5) is 24.8. The number of nitrogens with zero attached hydrogens (tertiary/aromatic N) is 2. The fraction of sp³-hybridized carbons (Fsp3) is 0.143. The number of ether oxygens (including phenoxy) is 1. The lowest BCUT2D eigenvalue weighted by Gasteiger charge is -2.08. The Kier molecular flexibility index (Phi) is 4.45. The highest BCUT2D eigenvalue weighted by Gasteiger charge is 2.12. The van der Waals surface area contributed by atoms with Gasteiger partial charge in [0.1, 0.15) is 0 Å². The molecule has 1 aromatic heterocycles. The number of benzene rings is 1. The maximum Gasteiger partial charge on any atom is 0.358 e. The van der Waals surface area contributed by atoms with E-state index in [4.69, 9.17) is 9.84 Å². The molecule has 0 atom stereocenters. The molecule has 0 saturated heterocycles. The minimum absolute atomic E-state index is 0.0279. The van der Waals surface area contributed by atoms with E-state index < -0.39 is 10.9 Å². The van der Waals surface area contributed by atoms with E-state index >= 15 is 0 Å². The summed E-state index contributed by atoms with van der Waals surface area (Å²) >= 11 is 0. The number of hydrogen-bond donors (Lipinski definition) is 1. The first-order valence-electron chi connectivity index (χ1n) is 6.12. The third kappa shape index (κ3) is 3.75. The minimum Gasteiger partial charge on any atom is -0.491 e. The number of non-ortho nitro benzene ring substituents is 1. The molecule has 0 bridgehead atoms. The van der Waals surface area contributed by atoms with Crippen molar-refractivity contribution in [2.24, 2.45) is 0 Å². The van der Waals surface area contributed by atoms with Gasteiger partial charge in [-0.25, -0.2) is 9.78 Å². The van der Waals surface area contributed by atoms with E-state index in [0.717, 1.165) is 5.56 Å². The Bertz CT molecular complexity index is 655. The topological polar surface area (TPSA) is 103 Å². The number of nitro benzene ring substituents is 1. The van der Waals surface area contributed by atoms with Crippen molar-refractivity contribution in [2.45, 2.75) is 6.42 Å². The molecule has 2 rings (SSSR count). The highest BCUT2D eigenvalue weighted by Crippen LogP contribution is 2.16. The van der Waals surface area contributed by atoms with Gasteiger partial charge in [-0.05, 0) is 17.7 Å². The third-order valence-electron chi connectivity index (χ3n) is 2.77. The van der Waals surface area contributed by atoms with Gasteiger partial charge < -0.3 is 9.84 Å². The van der Waals surface area contributed by atoms with Crippen LogP contribution in [0.3, 0.4) is 0 Å². The summed E-state index contributed by atoms with van der Waals surface area (Å²) in [6.45, 7) is 0.254. The van der Waals surface area contributed by atoms with Crippen molar-refractivity contribution < 1.29 is 19.6 Å². The summed E-state index contributed by atoms with van der Waals surface area (Å²) in [5.41, 5.74) is 0.752. The highest BCUT2D eigenvalue weighted by atomic mass is 16.6. The quantitative estimate of drug-likeness (QED) is 0.646. The fourth-order valence-electron chi connectivity index (χ4n) is 1.73. The molecule has 0 aliphatic heterocycles. The van der Waals surface area contributed by atoms with Crippen LogP contribution in [-0.2, 0) is 6.42 Å². The average molecular weight is 288 g/mol. The van der Waals surface area contributed by atoms with Crippen LogP contribution in [0, 0.1) is 10.1 Å². The number of carboxylic acids is 1. The predicted octanol–water partition coefficient (Wildman–Crippen LogP) is 2.31. The first kappa shape index (κ1) is 14.4. The highest BCUT2D eigenvalue weighted by molar-refractivity contribution is 5.88. The standard InChI is InChI=1S/C14H12N2O5/c17-14(18)13-12(2-1-8-15-13)21-9-7-10-3-5-11(6-4-10)16(19)20/h1-6,8H,7,9H2,(H,17,18). The summed E-state index contributed by atoms with van der Waals surface area (Å²) < 4.78 is 5.40. The van der Waals surface area contributed by atoms with Crippen molar-refractivity contribution in [3.63, 3.8) is 0 Å². The number of aromatic nitrogens is 1. The molecule has 0 spiro atoms. The Morgan fingerprint density at radius 3 is 2.62 bits per heavy atom. The van der Waals surface area contributed by atoms with Gasteiger partial charge in [0.15, 0.2) is 11.4 Å². The number of carboxylic acid groups (broad SMARTS) is 1. The van der Waals surface area contributed by atoms with Crippen molar-refractivity contribution in [2.75, 3.05) is 6.61 Å². The van der Waals surface area contributed by atoms with Crippen LogP contribution in [0.1, 0.15) is 16.1 Å². The van der Waals surface area contributed by atoms with E-state index in [1.54, 1.807) is 18.2 Å². The lowest BCUT2D eigenvalue weighted by molar-refractivity contribution is -0.384. The smallest absolute Gasteiger partial charge is 0.358 e. The molecule has 0 radical (unpaired) electrons. The zero-order valence-corrected chi connectivity index (χ0v) is 10.9. The van der Waals surface area contributed by atoms with Gasteiger partial charge in [-0.15, -0.1) is 0 Å². The minimum atomic E-state index is -1.15. The lowest BCUT2D eigenvalue weighted by Crippen LogP contribution is -2.08. The van der Waals surface area contributed by atoms with Crippen LogP contribution in [0.4, 0.5) is 5.69 Å². The van der Waals surface area contributed by atoms with E-state index in [2.05, 4.69) is 4.98 Å². The van der Waals surface area contributed by atoms with Gasteiger partial charge in [0, 0.05) is 24.8 Å². The van der Waals surface area contributed by atoms with E-state index in [-0.39, 0.29) is 23.7 Å². The van der Waals surface area contributed by atoms with Crippen molar-refractivity contribution in [1.82, 2.24) is 4.98 Å². The van der Waals surface area contributed by atoms with E-state index in [1.165, 1.54) is 24.4 Å². The normalized spacial score (nSPS) is 10.1. The average Bonchev–Trinajstić information content (AvgIpc) is 2.48. The maximum absolute atomic E-state index is 10.9. The molecule has 0 fully saturated rings. The largest absolute Gasteiger partial charge is 0.491 e. The molecule has 0 aliphatic rings. The number of nitro groups is 1. The molecule has 0 aliphatic carbocycles. The van der Waals surface area contributed by atoms with Crippen molar-refractivity contribution in [1.29, 1.82) is 0 Å². The Morgan fingerprint density at radius 2 is 2.00 bits per heavy atom. The van der Waals surface area contributed by atoms with Crippen LogP contribution < -0.4 is 4.74 Å². The summed E-state index contributed by atoms with van der Waals surface area (Å²) in [6, 6.07) is 9.25. The molecule has 2 aromatic rings. The summed E-state index contributed by atoms with van der Waals surface area (Å²) in [7, 11) is 0. The van der Waals surface area contributed by atoms with E-state index in [9.17, 15) is 14.9 Å². The molecule has 0 saturated carbocycles. The second-order valence-electron chi connectivity index (χ2n) is 4.18. The Balaban J connectivity index is 1.95. The molecule has 108 valence electrons. The Morgan fingerprint density at radius 1 is 1.29 bits per heavy atom. The number of carbonyl (C=O) groups is 1. The second kappa shape index (κ2) is 6.47. The Labute approximate surface area is 120 Å². The van der Waals surface area contributed by atoms with Gasteiger partial charge in [-0.2, -0.15) is 0 Å². The third-order valence-corrected chi connectivity index (χ3v) is 2.77. The summed E-state index contributed by atoms with van der Waals surface area (Å²) in [5.74, 6) is -0.951. The number of aromatic carboxylic acids is 1. The molecule has 0 unspecified atom stereocenters. The molecule has 0 amide bonds. The SMILES string of the molecule is O=C(O)c1ncccc1OCCc1ccc([N+](=O)[O-])cc1. The van der Waals surface area contributed by atoms with Gasteiger partial charge >= 0.3 is 5.97 Å². The Hall–Kier alpha value is -2.96. The molecular weight excluding hydrogens is 276 g/mol. The maximum atomic E-state index is 10.9. The predicted molar refractivity (Wildman–Crippen MR) is 73.5 cm³/mol. The number of pyridine rings is 1. The van der Waals surface area contributed by atoms with Crippen LogP contribution in [-0.4, -0.2) is 27.6 Å². The van der Waals surface area contributed by atoms with E-state index in [1.807, 2.05) is 0 Å². The summed E-state index contributed by atoms with van der Waals surface area (Å²) in [5, 5.41) is 19.5. The zero-order chi connectivity index (χ0) is 15.2. The van der Waals surface area contributed by atoms with Crippen molar-refractivity contribution >= 4 is 11.7 Å². The second-order valence-corrected chi connectivity index (χ2v) is 4.18. The first-order valence-corrected chi connectivity index (χ1v) is 6.12. The van der Waals surface area contributed by atoms with Gasteiger partial charge in [-0.1, -0.05) is 12.1 Å². The van der Waals surface area contributed by atoms with Crippen molar-refractivity contribution in [3.8, 4) is 5.75 Å². The van der Waals surface area contributed by atoms with Gasteiger partial charge in [-0.3, -0.25) is 10.1 Å². The lowest BCUT2D eigenvalue weighted by atomic mass is 10.1. The van der Waals surface area contributed by atoms with Crippen LogP contribution in [0.25, 0.3) is 0 Å². The molecule has 7 nitrogen and oxygen atoms in total. The van der Waals surface area contributed by atoms with Gasteiger partial charge in [0.25, 0.3) is 5.69 Å². The van der Waals surface area contributed by atoms with Crippen molar-refractivity contribution in [3.05, 3.63) is 64.0 Å². The molecule has 7 heteroatoms. The molecular formula is C14H12N2O5. The summed E-state index contributed by atoms with van der Waals surface area (Å²) in [6.07, 6.45) is 1.89. The molecule has 1 aromatic carbocycles. The van der Waals surface area contributed by atoms with Crippen LogP contribution in [0.5, 0.6) is 5.75 Å². The first-order chi connectivity index (χ1) is 10.1. The molecule has 1 heterocycles. The molecule has 1 N–H and O–H groups in total. The van der Waals surface area contributed by atoms with Gasteiger partial charge in [0.05, 0.1) is 11.5 Å². The van der Waals surface area contributed by atoms with Gasteiger partial charge in [0.2, 0.25) is 0 Å². The van der Waals surface area contributed by atoms with Crippen LogP contribution in [0.2, 0.25) is 0 Å². The molecule has 21 heavy (non-hydrogen) atoms.